The summed E-state index contributed by atoms with van der Waals surface area (Å²) in [4.78, 5) is 0. The minimum Gasteiger partial charge on any atom is -0.495 e. The van der Waals surface area contributed by atoms with E-state index in [1.807, 2.05) is 0 Å². The van der Waals surface area contributed by atoms with Gasteiger partial charge < -0.3 is 10.5 Å². The summed E-state index contributed by atoms with van der Waals surface area (Å²) in [6, 6.07) is 2.15. The van der Waals surface area contributed by atoms with E-state index in [0.29, 0.717) is 6.54 Å². The molecular formula is C11H16BrNO. The number of hydrogen-bond donors (Lipinski definition) is 1. The fourth-order valence-electron chi connectivity index (χ4n) is 1.63. The van der Waals surface area contributed by atoms with Crippen LogP contribution in [0.4, 0.5) is 0 Å². The zero-order chi connectivity index (χ0) is 10.7. The summed E-state index contributed by atoms with van der Waals surface area (Å²) < 4.78 is 6.42. The highest BCUT2D eigenvalue weighted by Gasteiger charge is 2.12. The van der Waals surface area contributed by atoms with Crippen LogP contribution in [0.15, 0.2) is 10.5 Å². The van der Waals surface area contributed by atoms with E-state index in [1.165, 1.54) is 16.7 Å². The largest absolute Gasteiger partial charge is 0.495 e. The van der Waals surface area contributed by atoms with Crippen LogP contribution in [0.25, 0.3) is 0 Å². The second kappa shape index (κ2) is 4.80. The molecule has 0 heterocycles. The van der Waals surface area contributed by atoms with Gasteiger partial charge in [0.1, 0.15) is 5.75 Å². The standard InChI is InChI=1S/C11H16BrNO/c1-7-6-8(2)10(12)11(14-3)9(7)4-5-13/h6H,4-5,13H2,1-3H3. The van der Waals surface area contributed by atoms with Gasteiger partial charge in [-0.2, -0.15) is 0 Å². The van der Waals surface area contributed by atoms with Crippen molar-refractivity contribution in [3.8, 4) is 5.75 Å². The van der Waals surface area contributed by atoms with E-state index in [1.54, 1.807) is 7.11 Å². The molecule has 0 aliphatic heterocycles. The molecule has 78 valence electrons. The van der Waals surface area contributed by atoms with Crippen LogP contribution < -0.4 is 10.5 Å². The van der Waals surface area contributed by atoms with E-state index in [0.717, 1.165) is 16.6 Å². The number of methoxy groups -OCH3 is 1. The first-order valence-corrected chi connectivity index (χ1v) is 5.43. The van der Waals surface area contributed by atoms with Crippen LogP contribution >= 0.6 is 15.9 Å². The van der Waals surface area contributed by atoms with Gasteiger partial charge >= 0.3 is 0 Å². The van der Waals surface area contributed by atoms with Crippen molar-refractivity contribution < 1.29 is 4.74 Å². The van der Waals surface area contributed by atoms with Gasteiger partial charge in [-0.15, -0.1) is 0 Å². The molecule has 0 aromatic heterocycles. The van der Waals surface area contributed by atoms with Crippen molar-refractivity contribution in [3.63, 3.8) is 0 Å². The zero-order valence-corrected chi connectivity index (χ0v) is 10.4. The quantitative estimate of drug-likeness (QED) is 0.904. The number of halogens is 1. The van der Waals surface area contributed by atoms with Gasteiger partial charge in [0.15, 0.2) is 0 Å². The molecule has 0 radical (unpaired) electrons. The Morgan fingerprint density at radius 3 is 2.50 bits per heavy atom. The molecule has 1 aromatic carbocycles. The predicted octanol–water partition coefficient (Wildman–Crippen LogP) is 2.58. The minimum atomic E-state index is 0.646. The van der Waals surface area contributed by atoms with Gasteiger partial charge in [-0.25, -0.2) is 0 Å². The van der Waals surface area contributed by atoms with Gasteiger partial charge in [-0.1, -0.05) is 6.07 Å². The first-order chi connectivity index (χ1) is 6.61. The van der Waals surface area contributed by atoms with E-state index in [4.69, 9.17) is 10.5 Å². The molecule has 14 heavy (non-hydrogen) atoms. The molecule has 0 atom stereocenters. The molecule has 2 N–H and O–H groups in total. The lowest BCUT2D eigenvalue weighted by molar-refractivity contribution is 0.406. The molecule has 2 nitrogen and oxygen atoms in total. The van der Waals surface area contributed by atoms with Crippen molar-refractivity contribution in [3.05, 3.63) is 27.2 Å². The maximum atomic E-state index is 5.57. The van der Waals surface area contributed by atoms with Crippen molar-refractivity contribution in [2.45, 2.75) is 20.3 Å². The van der Waals surface area contributed by atoms with E-state index < -0.39 is 0 Å². The zero-order valence-electron chi connectivity index (χ0n) is 8.86. The lowest BCUT2D eigenvalue weighted by atomic mass is 10.0. The molecule has 0 saturated heterocycles. The molecule has 3 heteroatoms. The van der Waals surface area contributed by atoms with Gasteiger partial charge in [-0.05, 0) is 59.4 Å². The third-order valence-electron chi connectivity index (χ3n) is 2.33. The Bertz CT molecular complexity index is 337. The van der Waals surface area contributed by atoms with Crippen molar-refractivity contribution >= 4 is 15.9 Å². The summed E-state index contributed by atoms with van der Waals surface area (Å²) in [6.07, 6.45) is 0.855. The normalized spacial score (nSPS) is 10.4. The van der Waals surface area contributed by atoms with Crippen LogP contribution in [-0.2, 0) is 6.42 Å². The summed E-state index contributed by atoms with van der Waals surface area (Å²) in [7, 11) is 1.69. The molecule has 1 rings (SSSR count). The molecular weight excluding hydrogens is 242 g/mol. The Morgan fingerprint density at radius 2 is 2.00 bits per heavy atom. The first kappa shape index (κ1) is 11.5. The monoisotopic (exact) mass is 257 g/mol. The number of rotatable bonds is 3. The molecule has 0 saturated carbocycles. The van der Waals surface area contributed by atoms with Crippen LogP contribution in [0.1, 0.15) is 16.7 Å². The van der Waals surface area contributed by atoms with Crippen LogP contribution in [0, 0.1) is 13.8 Å². The average Bonchev–Trinajstić information content (AvgIpc) is 2.15. The summed E-state index contributed by atoms with van der Waals surface area (Å²) in [5.74, 6) is 0.924. The topological polar surface area (TPSA) is 35.2 Å². The van der Waals surface area contributed by atoms with Gasteiger partial charge in [0.2, 0.25) is 0 Å². The third-order valence-corrected chi connectivity index (χ3v) is 3.31. The van der Waals surface area contributed by atoms with E-state index >= 15 is 0 Å². The highest BCUT2D eigenvalue weighted by molar-refractivity contribution is 9.10. The van der Waals surface area contributed by atoms with Gasteiger partial charge in [-0.3, -0.25) is 0 Å². The minimum absolute atomic E-state index is 0.646. The lowest BCUT2D eigenvalue weighted by Crippen LogP contribution is -2.07. The molecule has 0 bridgehead atoms. The van der Waals surface area contributed by atoms with Gasteiger partial charge in [0, 0.05) is 0 Å². The average molecular weight is 258 g/mol. The van der Waals surface area contributed by atoms with Crippen LogP contribution in [0.2, 0.25) is 0 Å². The van der Waals surface area contributed by atoms with E-state index in [2.05, 4.69) is 35.8 Å². The lowest BCUT2D eigenvalue weighted by Gasteiger charge is -2.14. The highest BCUT2D eigenvalue weighted by Crippen LogP contribution is 2.34. The maximum absolute atomic E-state index is 5.57. The predicted molar refractivity (Wildman–Crippen MR) is 62.9 cm³/mol. The smallest absolute Gasteiger partial charge is 0.136 e. The first-order valence-electron chi connectivity index (χ1n) is 4.64. The number of ether oxygens (including phenoxy) is 1. The Kier molecular flexibility index (Phi) is 3.96. The van der Waals surface area contributed by atoms with Crippen molar-refractivity contribution in [2.75, 3.05) is 13.7 Å². The summed E-state index contributed by atoms with van der Waals surface area (Å²) >= 11 is 3.53. The Hall–Kier alpha value is -0.540. The van der Waals surface area contributed by atoms with Crippen LogP contribution in [0.5, 0.6) is 5.75 Å². The van der Waals surface area contributed by atoms with Crippen LogP contribution in [-0.4, -0.2) is 13.7 Å². The fourth-order valence-corrected chi connectivity index (χ4v) is 2.15. The van der Waals surface area contributed by atoms with Crippen molar-refractivity contribution in [1.82, 2.24) is 0 Å². The highest BCUT2D eigenvalue weighted by atomic mass is 79.9. The fraction of sp³-hybridized carbons (Fsp3) is 0.455. The summed E-state index contributed by atoms with van der Waals surface area (Å²) in [5, 5.41) is 0. The van der Waals surface area contributed by atoms with Gasteiger partial charge in [0.05, 0.1) is 11.6 Å². The van der Waals surface area contributed by atoms with Crippen molar-refractivity contribution in [2.24, 2.45) is 5.73 Å². The summed E-state index contributed by atoms with van der Waals surface area (Å²) in [5.41, 5.74) is 9.21. The number of hydrogen-bond acceptors (Lipinski definition) is 2. The number of benzene rings is 1. The molecule has 0 amide bonds. The summed E-state index contributed by atoms with van der Waals surface area (Å²) in [6.45, 7) is 4.80. The maximum Gasteiger partial charge on any atom is 0.136 e. The van der Waals surface area contributed by atoms with Gasteiger partial charge in [0.25, 0.3) is 0 Å². The molecule has 0 fully saturated rings. The second-order valence-electron chi connectivity index (χ2n) is 3.37. The Labute approximate surface area is 93.6 Å². The second-order valence-corrected chi connectivity index (χ2v) is 4.17. The molecule has 0 aliphatic rings. The Balaban J connectivity index is 3.31. The SMILES string of the molecule is COc1c(Br)c(C)cc(C)c1CCN. The van der Waals surface area contributed by atoms with Crippen molar-refractivity contribution in [1.29, 1.82) is 0 Å². The number of nitrogens with two attached hydrogens (primary N) is 1. The third kappa shape index (κ3) is 2.10. The number of aryl methyl sites for hydroxylation is 2. The molecule has 1 aromatic rings. The Morgan fingerprint density at radius 1 is 1.36 bits per heavy atom. The molecule has 0 unspecified atom stereocenters. The van der Waals surface area contributed by atoms with E-state index in [9.17, 15) is 0 Å². The molecule has 0 spiro atoms. The van der Waals surface area contributed by atoms with Crippen LogP contribution in [0.3, 0.4) is 0 Å². The molecule has 0 aliphatic carbocycles. The van der Waals surface area contributed by atoms with E-state index in [-0.39, 0.29) is 0 Å².